The van der Waals surface area contributed by atoms with Crippen LogP contribution in [0.4, 0.5) is 0 Å². The second kappa shape index (κ2) is 4.00. The zero-order valence-corrected chi connectivity index (χ0v) is 7.67. The molecule has 0 saturated carbocycles. The smallest absolute Gasteiger partial charge is 0.0869 e. The van der Waals surface area contributed by atoms with Crippen molar-refractivity contribution in [3.8, 4) is 0 Å². The Balaban J connectivity index is 3.25. The Bertz CT molecular complexity index is 354. The molecule has 0 aliphatic heterocycles. The van der Waals surface area contributed by atoms with Crippen molar-refractivity contribution in [3.63, 3.8) is 0 Å². The molecule has 64 valence electrons. The molecule has 2 heteroatoms. The number of rotatable bonds is 2. The predicted molar refractivity (Wildman–Crippen MR) is 50.8 cm³/mol. The fourth-order valence-electron chi connectivity index (χ4n) is 1.22. The summed E-state index contributed by atoms with van der Waals surface area (Å²) in [5.41, 5.74) is 1.27. The number of nitrogens with zero attached hydrogens (tertiary/aromatic N) is 2. The van der Waals surface area contributed by atoms with Crippen LogP contribution in [-0.2, 0) is 0 Å². The molecule has 0 aromatic carbocycles. The lowest BCUT2D eigenvalue weighted by molar-refractivity contribution is 0.946. The van der Waals surface area contributed by atoms with E-state index in [1.165, 1.54) is 5.57 Å². The highest BCUT2D eigenvalue weighted by molar-refractivity contribution is 5.38. The standard InChI is InChI=1S/C10H14N2/c1-4-5-8(2)10-9(3)11-6-7-12-10/h6-7H,3-5H2,1-2H3/b10-8+. The van der Waals surface area contributed by atoms with Gasteiger partial charge in [0.25, 0.3) is 0 Å². The van der Waals surface area contributed by atoms with E-state index in [-0.39, 0.29) is 0 Å². The molecule has 0 fully saturated rings. The molecule has 1 aromatic rings. The molecule has 1 rings (SSSR count). The van der Waals surface area contributed by atoms with E-state index in [1.54, 1.807) is 12.4 Å². The van der Waals surface area contributed by atoms with Crippen molar-refractivity contribution in [1.29, 1.82) is 0 Å². The third kappa shape index (κ3) is 1.91. The molecule has 0 bridgehead atoms. The van der Waals surface area contributed by atoms with Gasteiger partial charge in [0.1, 0.15) is 0 Å². The normalized spacial score (nSPS) is 12.8. The van der Waals surface area contributed by atoms with Crippen LogP contribution in [0.3, 0.4) is 0 Å². The van der Waals surface area contributed by atoms with E-state index in [0.717, 1.165) is 23.5 Å². The predicted octanol–water partition coefficient (Wildman–Crippen LogP) is 0.858. The van der Waals surface area contributed by atoms with E-state index in [9.17, 15) is 0 Å². The average molecular weight is 162 g/mol. The molecular weight excluding hydrogens is 148 g/mol. The largest absolute Gasteiger partial charge is 0.254 e. The second-order valence-corrected chi connectivity index (χ2v) is 2.88. The van der Waals surface area contributed by atoms with Crippen molar-refractivity contribution in [1.82, 2.24) is 9.97 Å². The molecule has 0 atom stereocenters. The topological polar surface area (TPSA) is 25.8 Å². The summed E-state index contributed by atoms with van der Waals surface area (Å²) < 4.78 is 0. The molecule has 12 heavy (non-hydrogen) atoms. The number of hydrogen-bond donors (Lipinski definition) is 0. The molecule has 0 radical (unpaired) electrons. The summed E-state index contributed by atoms with van der Waals surface area (Å²) in [6, 6.07) is 0. The Morgan fingerprint density at radius 3 is 2.67 bits per heavy atom. The van der Waals surface area contributed by atoms with Crippen LogP contribution in [0.15, 0.2) is 12.4 Å². The highest BCUT2D eigenvalue weighted by Gasteiger charge is 1.91. The van der Waals surface area contributed by atoms with Crippen molar-refractivity contribution in [2.75, 3.05) is 0 Å². The molecule has 0 amide bonds. The van der Waals surface area contributed by atoms with Gasteiger partial charge in [0.05, 0.1) is 10.7 Å². The minimum Gasteiger partial charge on any atom is -0.254 e. The SMILES string of the molecule is C=c1nccn/c1=C(\C)CCC. The Kier molecular flexibility index (Phi) is 2.97. The van der Waals surface area contributed by atoms with Gasteiger partial charge in [-0.05, 0) is 18.9 Å². The minimum absolute atomic E-state index is 0.781. The van der Waals surface area contributed by atoms with Gasteiger partial charge in [-0.3, -0.25) is 9.97 Å². The maximum Gasteiger partial charge on any atom is 0.0869 e. The van der Waals surface area contributed by atoms with E-state index >= 15 is 0 Å². The highest BCUT2D eigenvalue weighted by Crippen LogP contribution is 1.99. The maximum atomic E-state index is 4.23. The molecule has 0 N–H and O–H groups in total. The zero-order valence-electron chi connectivity index (χ0n) is 7.67. The van der Waals surface area contributed by atoms with Gasteiger partial charge in [0.2, 0.25) is 0 Å². The first-order chi connectivity index (χ1) is 5.75. The summed E-state index contributed by atoms with van der Waals surface area (Å²) >= 11 is 0. The molecule has 0 aliphatic carbocycles. The second-order valence-electron chi connectivity index (χ2n) is 2.88. The van der Waals surface area contributed by atoms with E-state index in [2.05, 4.69) is 30.4 Å². The monoisotopic (exact) mass is 162 g/mol. The van der Waals surface area contributed by atoms with E-state index in [4.69, 9.17) is 0 Å². The quantitative estimate of drug-likeness (QED) is 0.644. The van der Waals surface area contributed by atoms with Gasteiger partial charge in [-0.25, -0.2) is 0 Å². The van der Waals surface area contributed by atoms with Crippen LogP contribution < -0.4 is 10.7 Å². The van der Waals surface area contributed by atoms with E-state index < -0.39 is 0 Å². The Labute approximate surface area is 72.7 Å². The first-order valence-corrected chi connectivity index (χ1v) is 4.21. The molecule has 0 spiro atoms. The first kappa shape index (κ1) is 8.91. The summed E-state index contributed by atoms with van der Waals surface area (Å²) in [6.07, 6.45) is 5.59. The van der Waals surface area contributed by atoms with Crippen molar-refractivity contribution >= 4 is 12.2 Å². The van der Waals surface area contributed by atoms with Gasteiger partial charge in [-0.15, -0.1) is 0 Å². The number of hydrogen-bond acceptors (Lipinski definition) is 2. The molecule has 1 heterocycles. The fourth-order valence-corrected chi connectivity index (χ4v) is 1.22. The van der Waals surface area contributed by atoms with Crippen LogP contribution in [0.2, 0.25) is 0 Å². The van der Waals surface area contributed by atoms with Crippen molar-refractivity contribution in [2.45, 2.75) is 26.7 Å². The van der Waals surface area contributed by atoms with E-state index in [1.807, 2.05) is 0 Å². The minimum atomic E-state index is 0.781. The van der Waals surface area contributed by atoms with Gasteiger partial charge in [-0.1, -0.05) is 19.9 Å². The lowest BCUT2D eigenvalue weighted by Gasteiger charge is -1.95. The Hall–Kier alpha value is -1.18. The van der Waals surface area contributed by atoms with Gasteiger partial charge in [0.15, 0.2) is 0 Å². The third-order valence-electron chi connectivity index (χ3n) is 1.80. The van der Waals surface area contributed by atoms with Crippen molar-refractivity contribution in [3.05, 3.63) is 23.1 Å². The Morgan fingerprint density at radius 2 is 2.08 bits per heavy atom. The molecule has 1 aromatic heterocycles. The summed E-state index contributed by atoms with van der Waals surface area (Å²) in [5.74, 6) is 0. The molecule has 0 aliphatic rings. The van der Waals surface area contributed by atoms with Gasteiger partial charge >= 0.3 is 0 Å². The lowest BCUT2D eigenvalue weighted by atomic mass is 10.1. The van der Waals surface area contributed by atoms with Gasteiger partial charge in [-0.2, -0.15) is 0 Å². The third-order valence-corrected chi connectivity index (χ3v) is 1.80. The molecule has 0 unspecified atom stereocenters. The van der Waals surface area contributed by atoms with Crippen LogP contribution in [-0.4, -0.2) is 9.97 Å². The summed E-state index contributed by atoms with van der Waals surface area (Å²) in [6.45, 7) is 8.07. The molecule has 2 nitrogen and oxygen atoms in total. The van der Waals surface area contributed by atoms with Crippen LogP contribution in [0.1, 0.15) is 26.7 Å². The van der Waals surface area contributed by atoms with Gasteiger partial charge < -0.3 is 0 Å². The summed E-state index contributed by atoms with van der Waals surface area (Å²) in [4.78, 5) is 8.32. The van der Waals surface area contributed by atoms with Crippen molar-refractivity contribution < 1.29 is 0 Å². The highest BCUT2D eigenvalue weighted by atomic mass is 14.8. The average Bonchev–Trinajstić information content (AvgIpc) is 2.05. The molecule has 0 saturated heterocycles. The zero-order chi connectivity index (χ0) is 8.97. The van der Waals surface area contributed by atoms with Crippen molar-refractivity contribution in [2.24, 2.45) is 0 Å². The first-order valence-electron chi connectivity index (χ1n) is 4.21. The fraction of sp³-hybridized carbons (Fsp3) is 0.400. The van der Waals surface area contributed by atoms with Crippen LogP contribution in [0.25, 0.3) is 12.2 Å². The van der Waals surface area contributed by atoms with Gasteiger partial charge in [0, 0.05) is 12.4 Å². The number of aromatic nitrogens is 2. The van der Waals surface area contributed by atoms with Crippen LogP contribution in [0.5, 0.6) is 0 Å². The summed E-state index contributed by atoms with van der Waals surface area (Å²) in [7, 11) is 0. The maximum absolute atomic E-state index is 4.23. The van der Waals surface area contributed by atoms with E-state index in [0.29, 0.717) is 0 Å². The van der Waals surface area contributed by atoms with Crippen LogP contribution >= 0.6 is 0 Å². The summed E-state index contributed by atoms with van der Waals surface area (Å²) in [5, 5.41) is 1.74. The lowest BCUT2D eigenvalue weighted by Crippen LogP contribution is -2.31. The molecular formula is C10H14N2. The van der Waals surface area contributed by atoms with Crippen LogP contribution in [0, 0.1) is 0 Å². The Morgan fingerprint density at radius 1 is 1.42 bits per heavy atom.